The van der Waals surface area contributed by atoms with Crippen LogP contribution in [-0.2, 0) is 11.3 Å². The average molecular weight is 376 g/mol. The topological polar surface area (TPSA) is 59.2 Å². The van der Waals surface area contributed by atoms with Crippen LogP contribution in [0.2, 0.25) is 0 Å². The van der Waals surface area contributed by atoms with E-state index in [9.17, 15) is 4.79 Å². The number of nitrogens with two attached hydrogens (primary N) is 1. The Morgan fingerprint density at radius 1 is 1.30 bits per heavy atom. The van der Waals surface area contributed by atoms with Crippen LogP contribution in [0.15, 0.2) is 24.3 Å². The molecule has 0 atom stereocenters. The Balaban J connectivity index is 0.00000132. The number of carbonyl (C=O) groups excluding carboxylic acids is 1. The first kappa shape index (κ1) is 20.2. The number of hydrogen-bond acceptors (Lipinski definition) is 4. The van der Waals surface area contributed by atoms with Crippen molar-refractivity contribution in [1.82, 2.24) is 9.88 Å². The number of thiazole rings is 1. The van der Waals surface area contributed by atoms with Crippen molar-refractivity contribution in [3.8, 4) is 0 Å². The van der Waals surface area contributed by atoms with E-state index in [1.54, 1.807) is 16.2 Å². The van der Waals surface area contributed by atoms with Crippen LogP contribution in [0.1, 0.15) is 30.7 Å². The molecule has 7 heteroatoms. The zero-order valence-corrected chi connectivity index (χ0v) is 15.6. The molecule has 0 radical (unpaired) electrons. The summed E-state index contributed by atoms with van der Waals surface area (Å²) in [7, 11) is 1.87. The molecule has 1 saturated carbocycles. The third-order valence-electron chi connectivity index (χ3n) is 4.46. The maximum Gasteiger partial charge on any atom is 0.230 e. The lowest BCUT2D eigenvalue weighted by Gasteiger charge is -2.30. The van der Waals surface area contributed by atoms with Gasteiger partial charge in [-0.15, -0.1) is 36.2 Å². The van der Waals surface area contributed by atoms with Gasteiger partial charge in [0.05, 0.1) is 22.2 Å². The first-order valence-corrected chi connectivity index (χ1v) is 8.26. The van der Waals surface area contributed by atoms with Gasteiger partial charge in [-0.25, -0.2) is 4.98 Å². The number of rotatable bonds is 4. The first-order chi connectivity index (χ1) is 10.1. The second-order valence-electron chi connectivity index (χ2n) is 5.93. The molecule has 1 heterocycles. The minimum atomic E-state index is -0.328. The summed E-state index contributed by atoms with van der Waals surface area (Å²) in [6.45, 7) is 1.02. The van der Waals surface area contributed by atoms with Crippen molar-refractivity contribution in [3.63, 3.8) is 0 Å². The Morgan fingerprint density at radius 3 is 2.57 bits per heavy atom. The molecule has 1 aliphatic rings. The van der Waals surface area contributed by atoms with Crippen molar-refractivity contribution >= 4 is 52.3 Å². The van der Waals surface area contributed by atoms with Crippen molar-refractivity contribution in [3.05, 3.63) is 29.3 Å². The quantitative estimate of drug-likeness (QED) is 0.887. The summed E-state index contributed by atoms with van der Waals surface area (Å²) >= 11 is 1.66. The van der Waals surface area contributed by atoms with Gasteiger partial charge < -0.3 is 10.6 Å². The number of nitrogens with zero attached hydrogens (tertiary/aromatic N) is 2. The summed E-state index contributed by atoms with van der Waals surface area (Å²) in [5, 5.41) is 0.984. The Bertz CT molecular complexity index is 623. The third kappa shape index (κ3) is 3.97. The number of halogens is 2. The van der Waals surface area contributed by atoms with Gasteiger partial charge in [-0.3, -0.25) is 4.79 Å². The second-order valence-corrected chi connectivity index (χ2v) is 7.04. The highest BCUT2D eigenvalue weighted by molar-refractivity contribution is 7.18. The minimum absolute atomic E-state index is 0. The van der Waals surface area contributed by atoms with Gasteiger partial charge in [0.25, 0.3) is 0 Å². The van der Waals surface area contributed by atoms with Crippen molar-refractivity contribution < 1.29 is 4.79 Å². The Morgan fingerprint density at radius 2 is 1.96 bits per heavy atom. The molecule has 0 spiro atoms. The summed E-state index contributed by atoms with van der Waals surface area (Å²) in [5.41, 5.74) is 6.58. The van der Waals surface area contributed by atoms with Gasteiger partial charge in [0.15, 0.2) is 0 Å². The molecule has 23 heavy (non-hydrogen) atoms. The third-order valence-corrected chi connectivity index (χ3v) is 5.48. The highest BCUT2D eigenvalue weighted by atomic mass is 35.5. The Kier molecular flexibility index (Phi) is 7.27. The van der Waals surface area contributed by atoms with E-state index in [1.807, 2.05) is 25.2 Å². The Labute approximate surface area is 153 Å². The van der Waals surface area contributed by atoms with Crippen LogP contribution in [0.25, 0.3) is 10.2 Å². The summed E-state index contributed by atoms with van der Waals surface area (Å²) in [5.74, 6) is 0.182. The van der Waals surface area contributed by atoms with Gasteiger partial charge in [0, 0.05) is 13.6 Å². The molecule has 1 amide bonds. The van der Waals surface area contributed by atoms with Crippen molar-refractivity contribution in [2.24, 2.45) is 11.1 Å². The molecular weight excluding hydrogens is 353 g/mol. The fourth-order valence-electron chi connectivity index (χ4n) is 3.22. The lowest BCUT2D eigenvalue weighted by molar-refractivity contribution is -0.140. The summed E-state index contributed by atoms with van der Waals surface area (Å²) in [6.07, 6.45) is 4.06. The molecule has 1 fully saturated rings. The SMILES string of the molecule is CN(Cc1nc2ccccc2s1)C(=O)C1(CN)CCCC1.Cl.Cl. The van der Waals surface area contributed by atoms with E-state index in [2.05, 4.69) is 11.1 Å². The fourth-order valence-corrected chi connectivity index (χ4v) is 4.25. The standard InChI is InChI=1S/C16H21N3OS.2ClH/c1-19(15(20)16(11-17)8-4-5-9-16)10-14-18-12-6-2-3-7-13(12)21-14;;/h2-3,6-7H,4-5,8-11,17H2,1H3;2*1H. The molecule has 0 saturated heterocycles. The van der Waals surface area contributed by atoms with E-state index < -0.39 is 0 Å². The molecular formula is C16H23Cl2N3OS. The van der Waals surface area contributed by atoms with Crippen LogP contribution in [0.4, 0.5) is 0 Å². The molecule has 1 aliphatic carbocycles. The average Bonchev–Trinajstić information content (AvgIpc) is 3.13. The molecule has 1 aromatic carbocycles. The van der Waals surface area contributed by atoms with Crippen LogP contribution >= 0.6 is 36.2 Å². The van der Waals surface area contributed by atoms with Crippen LogP contribution in [0, 0.1) is 5.41 Å². The molecule has 128 valence electrons. The summed E-state index contributed by atoms with van der Waals surface area (Å²) < 4.78 is 1.17. The first-order valence-electron chi connectivity index (χ1n) is 7.45. The van der Waals surface area contributed by atoms with E-state index in [0.717, 1.165) is 36.2 Å². The number of hydrogen-bond donors (Lipinski definition) is 1. The molecule has 2 aromatic rings. The zero-order chi connectivity index (χ0) is 14.9. The van der Waals surface area contributed by atoms with Crippen LogP contribution in [0.3, 0.4) is 0 Å². The molecule has 4 nitrogen and oxygen atoms in total. The number of aromatic nitrogens is 1. The van der Waals surface area contributed by atoms with Gasteiger partial charge in [0.2, 0.25) is 5.91 Å². The highest BCUT2D eigenvalue weighted by Gasteiger charge is 2.41. The fraction of sp³-hybridized carbons (Fsp3) is 0.500. The van der Waals surface area contributed by atoms with E-state index in [4.69, 9.17) is 5.73 Å². The molecule has 0 bridgehead atoms. The summed E-state index contributed by atoms with van der Waals surface area (Å²) in [4.78, 5) is 19.1. The number of benzene rings is 1. The smallest absolute Gasteiger partial charge is 0.230 e. The monoisotopic (exact) mass is 375 g/mol. The molecule has 3 rings (SSSR count). The maximum atomic E-state index is 12.7. The predicted octanol–water partition coefficient (Wildman–Crippen LogP) is 3.62. The van der Waals surface area contributed by atoms with E-state index in [1.165, 1.54) is 4.70 Å². The van der Waals surface area contributed by atoms with E-state index in [-0.39, 0.29) is 36.1 Å². The number of carbonyl (C=O) groups is 1. The zero-order valence-electron chi connectivity index (χ0n) is 13.2. The van der Waals surface area contributed by atoms with Crippen molar-refractivity contribution in [1.29, 1.82) is 0 Å². The molecule has 1 aromatic heterocycles. The normalized spacial score (nSPS) is 15.7. The van der Waals surface area contributed by atoms with Crippen molar-refractivity contribution in [2.75, 3.05) is 13.6 Å². The van der Waals surface area contributed by atoms with Gasteiger partial charge in [-0.2, -0.15) is 0 Å². The largest absolute Gasteiger partial charge is 0.338 e. The minimum Gasteiger partial charge on any atom is -0.338 e. The van der Waals surface area contributed by atoms with Gasteiger partial charge >= 0.3 is 0 Å². The second kappa shape index (κ2) is 8.29. The van der Waals surface area contributed by atoms with Crippen LogP contribution in [-0.4, -0.2) is 29.4 Å². The predicted molar refractivity (Wildman–Crippen MR) is 101 cm³/mol. The molecule has 0 unspecified atom stereocenters. The number of amides is 1. The maximum absolute atomic E-state index is 12.7. The van der Waals surface area contributed by atoms with E-state index >= 15 is 0 Å². The Hall–Kier alpha value is -0.880. The molecule has 2 N–H and O–H groups in total. The highest BCUT2D eigenvalue weighted by Crippen LogP contribution is 2.39. The van der Waals surface area contributed by atoms with Crippen LogP contribution in [0.5, 0.6) is 0 Å². The number of fused-ring (bicyclic) bond motifs is 1. The lowest BCUT2D eigenvalue weighted by atomic mass is 9.85. The van der Waals surface area contributed by atoms with Crippen LogP contribution < -0.4 is 5.73 Å². The number of para-hydroxylation sites is 1. The van der Waals surface area contributed by atoms with E-state index in [0.29, 0.717) is 13.1 Å². The molecule has 0 aliphatic heterocycles. The van der Waals surface area contributed by atoms with Gasteiger partial charge in [-0.1, -0.05) is 25.0 Å². The van der Waals surface area contributed by atoms with Gasteiger partial charge in [-0.05, 0) is 25.0 Å². The van der Waals surface area contributed by atoms with Crippen molar-refractivity contribution in [2.45, 2.75) is 32.2 Å². The summed E-state index contributed by atoms with van der Waals surface area (Å²) in [6, 6.07) is 8.08. The lowest BCUT2D eigenvalue weighted by Crippen LogP contribution is -2.44. The van der Waals surface area contributed by atoms with Gasteiger partial charge in [0.1, 0.15) is 5.01 Å².